The molecule has 0 saturated carbocycles. The largest absolute Gasteiger partial charge is 0.331 e. The summed E-state index contributed by atoms with van der Waals surface area (Å²) in [7, 11) is 0. The Morgan fingerprint density at radius 3 is 2.83 bits per heavy atom. The highest BCUT2D eigenvalue weighted by Gasteiger charge is 2.16. The molecule has 7 heteroatoms. The molecule has 18 heavy (non-hydrogen) atoms. The third-order valence-corrected chi connectivity index (χ3v) is 2.50. The van der Waals surface area contributed by atoms with Crippen LogP contribution in [0.3, 0.4) is 0 Å². The number of aromatic amines is 1. The Balaban J connectivity index is 2.26. The molecule has 0 fully saturated rings. The van der Waals surface area contributed by atoms with Gasteiger partial charge in [0.1, 0.15) is 5.82 Å². The van der Waals surface area contributed by atoms with Crippen LogP contribution in [0.1, 0.15) is 36.1 Å². The first-order chi connectivity index (χ1) is 8.58. The lowest BCUT2D eigenvalue weighted by molar-refractivity contribution is 0.102. The van der Waals surface area contributed by atoms with E-state index in [-0.39, 0.29) is 16.6 Å². The van der Waals surface area contributed by atoms with Crippen LogP contribution in [0, 0.1) is 0 Å². The minimum absolute atomic E-state index is 0.123. The smallest absolute Gasteiger partial charge is 0.278 e. The molecule has 2 rings (SSSR count). The van der Waals surface area contributed by atoms with Crippen molar-refractivity contribution in [1.82, 2.24) is 19.9 Å². The predicted octanol–water partition coefficient (Wildman–Crippen LogP) is 2.23. The van der Waals surface area contributed by atoms with E-state index in [1.165, 1.54) is 12.4 Å². The fourth-order valence-electron chi connectivity index (χ4n) is 1.32. The first-order valence-corrected chi connectivity index (χ1v) is 5.79. The highest BCUT2D eigenvalue weighted by atomic mass is 35.5. The van der Waals surface area contributed by atoms with E-state index in [2.05, 4.69) is 25.3 Å². The minimum atomic E-state index is -0.417. The van der Waals surface area contributed by atoms with Crippen molar-refractivity contribution < 1.29 is 4.79 Å². The van der Waals surface area contributed by atoms with Crippen LogP contribution in [0.5, 0.6) is 0 Å². The van der Waals surface area contributed by atoms with Crippen LogP contribution in [0.4, 0.5) is 5.95 Å². The van der Waals surface area contributed by atoms with E-state index in [9.17, 15) is 4.79 Å². The van der Waals surface area contributed by atoms with Gasteiger partial charge in [-0.1, -0.05) is 25.4 Å². The lowest BCUT2D eigenvalue weighted by Crippen LogP contribution is -2.17. The van der Waals surface area contributed by atoms with Crippen LogP contribution in [-0.4, -0.2) is 25.8 Å². The SMILES string of the molecule is CC(C)c1ncc(Cl)c(C(=O)Nc2ncc[nH]2)n1. The summed E-state index contributed by atoms with van der Waals surface area (Å²) in [4.78, 5) is 26.8. The van der Waals surface area contributed by atoms with Gasteiger partial charge in [-0.3, -0.25) is 10.1 Å². The van der Waals surface area contributed by atoms with E-state index in [0.717, 1.165) is 0 Å². The molecular weight excluding hydrogens is 254 g/mol. The molecule has 2 aromatic rings. The summed E-state index contributed by atoms with van der Waals surface area (Å²) >= 11 is 5.92. The van der Waals surface area contributed by atoms with Crippen molar-refractivity contribution in [2.24, 2.45) is 0 Å². The van der Waals surface area contributed by atoms with Gasteiger partial charge in [-0.2, -0.15) is 0 Å². The first kappa shape index (κ1) is 12.5. The molecule has 2 aromatic heterocycles. The molecule has 0 aliphatic heterocycles. The molecule has 0 saturated heterocycles. The van der Waals surface area contributed by atoms with Gasteiger partial charge in [0.25, 0.3) is 5.91 Å². The van der Waals surface area contributed by atoms with E-state index < -0.39 is 5.91 Å². The van der Waals surface area contributed by atoms with Crippen LogP contribution >= 0.6 is 11.6 Å². The van der Waals surface area contributed by atoms with Crippen molar-refractivity contribution in [3.63, 3.8) is 0 Å². The second-order valence-corrected chi connectivity index (χ2v) is 4.38. The Morgan fingerprint density at radius 2 is 2.22 bits per heavy atom. The first-order valence-electron chi connectivity index (χ1n) is 5.41. The molecule has 0 bridgehead atoms. The number of aromatic nitrogens is 4. The molecule has 2 heterocycles. The lowest BCUT2D eigenvalue weighted by Gasteiger charge is -2.07. The van der Waals surface area contributed by atoms with Crippen molar-refractivity contribution in [1.29, 1.82) is 0 Å². The molecule has 0 aromatic carbocycles. The number of rotatable bonds is 3. The van der Waals surface area contributed by atoms with Gasteiger partial charge in [0.05, 0.1) is 11.2 Å². The number of nitrogens with zero attached hydrogens (tertiary/aromatic N) is 3. The van der Waals surface area contributed by atoms with Crippen LogP contribution < -0.4 is 5.32 Å². The number of H-pyrrole nitrogens is 1. The molecule has 2 N–H and O–H groups in total. The number of halogens is 1. The molecule has 0 aliphatic carbocycles. The maximum atomic E-state index is 12.0. The average molecular weight is 266 g/mol. The second kappa shape index (κ2) is 5.14. The topological polar surface area (TPSA) is 83.6 Å². The standard InChI is InChI=1S/C11H12ClN5O/c1-6(2)9-15-5-7(12)8(16-9)10(18)17-11-13-3-4-14-11/h3-6H,1-2H3,(H2,13,14,17,18). The quantitative estimate of drug-likeness (QED) is 0.891. The monoisotopic (exact) mass is 265 g/mol. The predicted molar refractivity (Wildman–Crippen MR) is 67.7 cm³/mol. The van der Waals surface area contributed by atoms with Crippen molar-refractivity contribution in [3.8, 4) is 0 Å². The number of hydrogen-bond donors (Lipinski definition) is 2. The maximum Gasteiger partial charge on any atom is 0.278 e. The van der Waals surface area contributed by atoms with Gasteiger partial charge < -0.3 is 4.98 Å². The van der Waals surface area contributed by atoms with Crippen molar-refractivity contribution in [2.75, 3.05) is 5.32 Å². The summed E-state index contributed by atoms with van der Waals surface area (Å²) in [5, 5.41) is 2.78. The van der Waals surface area contributed by atoms with Crippen molar-refractivity contribution in [3.05, 3.63) is 35.1 Å². The Labute approximate surface area is 109 Å². The highest BCUT2D eigenvalue weighted by molar-refractivity contribution is 6.33. The van der Waals surface area contributed by atoms with Gasteiger partial charge >= 0.3 is 0 Å². The summed E-state index contributed by atoms with van der Waals surface area (Å²) in [6, 6.07) is 0. The minimum Gasteiger partial charge on any atom is -0.331 e. The van der Waals surface area contributed by atoms with Gasteiger partial charge in [0.2, 0.25) is 5.95 Å². The summed E-state index contributed by atoms with van der Waals surface area (Å²) in [6.07, 6.45) is 4.58. The number of carbonyl (C=O) groups is 1. The third-order valence-electron chi connectivity index (χ3n) is 2.22. The molecule has 0 spiro atoms. The zero-order chi connectivity index (χ0) is 13.1. The van der Waals surface area contributed by atoms with Crippen LogP contribution in [0.25, 0.3) is 0 Å². The number of anilines is 1. The van der Waals surface area contributed by atoms with Crippen LogP contribution in [0.2, 0.25) is 5.02 Å². The van der Waals surface area contributed by atoms with Gasteiger partial charge in [0, 0.05) is 18.3 Å². The average Bonchev–Trinajstić information content (AvgIpc) is 2.81. The highest BCUT2D eigenvalue weighted by Crippen LogP contribution is 2.17. The fourth-order valence-corrected chi connectivity index (χ4v) is 1.50. The molecule has 0 aliphatic rings. The molecule has 0 atom stereocenters. The zero-order valence-corrected chi connectivity index (χ0v) is 10.7. The number of carbonyl (C=O) groups excluding carboxylic acids is 1. The fraction of sp³-hybridized carbons (Fsp3) is 0.273. The second-order valence-electron chi connectivity index (χ2n) is 3.97. The van der Waals surface area contributed by atoms with Gasteiger partial charge in [0.15, 0.2) is 5.69 Å². The van der Waals surface area contributed by atoms with Crippen LogP contribution in [-0.2, 0) is 0 Å². The number of nitrogens with one attached hydrogen (secondary N) is 2. The van der Waals surface area contributed by atoms with E-state index in [1.54, 1.807) is 6.20 Å². The Morgan fingerprint density at radius 1 is 1.44 bits per heavy atom. The summed E-state index contributed by atoms with van der Waals surface area (Å²) in [6.45, 7) is 3.88. The number of amides is 1. The number of hydrogen-bond acceptors (Lipinski definition) is 4. The molecule has 0 unspecified atom stereocenters. The number of imidazole rings is 1. The normalized spacial score (nSPS) is 10.7. The van der Waals surface area contributed by atoms with E-state index in [0.29, 0.717) is 11.8 Å². The molecule has 6 nitrogen and oxygen atoms in total. The van der Waals surface area contributed by atoms with Gasteiger partial charge in [-0.25, -0.2) is 15.0 Å². The molecule has 94 valence electrons. The third kappa shape index (κ3) is 2.65. The van der Waals surface area contributed by atoms with E-state index in [1.807, 2.05) is 13.8 Å². The summed E-state index contributed by atoms with van der Waals surface area (Å²) < 4.78 is 0. The van der Waals surface area contributed by atoms with E-state index in [4.69, 9.17) is 11.6 Å². The maximum absolute atomic E-state index is 12.0. The van der Waals surface area contributed by atoms with Gasteiger partial charge in [-0.15, -0.1) is 0 Å². The van der Waals surface area contributed by atoms with Crippen LogP contribution in [0.15, 0.2) is 18.6 Å². The molecule has 1 amide bonds. The summed E-state index contributed by atoms with van der Waals surface area (Å²) in [5.41, 5.74) is 0.145. The summed E-state index contributed by atoms with van der Waals surface area (Å²) in [5.74, 6) is 0.626. The Hall–Kier alpha value is -1.95. The van der Waals surface area contributed by atoms with Crippen molar-refractivity contribution in [2.45, 2.75) is 19.8 Å². The van der Waals surface area contributed by atoms with Gasteiger partial charge in [-0.05, 0) is 0 Å². The molecular formula is C11H12ClN5O. The van der Waals surface area contributed by atoms with Crippen molar-refractivity contribution >= 4 is 23.5 Å². The molecule has 0 radical (unpaired) electrons. The van der Waals surface area contributed by atoms with E-state index >= 15 is 0 Å². The zero-order valence-electron chi connectivity index (χ0n) is 9.94. The Bertz CT molecular complexity index is 553. The Kier molecular flexibility index (Phi) is 3.57. The lowest BCUT2D eigenvalue weighted by atomic mass is 10.2.